The van der Waals surface area contributed by atoms with Crippen molar-refractivity contribution in [2.75, 3.05) is 24.5 Å². The Bertz CT molecular complexity index is 641. The van der Waals surface area contributed by atoms with Crippen molar-refractivity contribution in [2.24, 2.45) is 11.8 Å². The number of piperidine rings is 1. The maximum Gasteiger partial charge on any atom is 0.308 e. The third-order valence-corrected chi connectivity index (χ3v) is 5.06. The largest absolute Gasteiger partial charge is 0.481 e. The van der Waals surface area contributed by atoms with Crippen LogP contribution in [-0.2, 0) is 16.1 Å². The molecule has 2 aliphatic heterocycles. The number of carbonyl (C=O) groups is 2. The number of likely N-dealkylation sites (tertiary alicyclic amines) is 1. The SMILES string of the molecule is CC1CCN(Cc2ccc(N3CC(C(=O)O)CC3=O)c(F)c2)CC1. The number of benzene rings is 1. The standard InChI is InChI=1S/C18H23FN2O3/c1-12-4-6-20(7-5-12)10-13-2-3-16(15(19)8-13)21-11-14(18(23)24)9-17(21)22/h2-3,8,12,14H,4-7,9-11H2,1H3,(H,23,24). The minimum atomic E-state index is -1.01. The highest BCUT2D eigenvalue weighted by Gasteiger charge is 2.36. The fraction of sp³-hybridized carbons (Fsp3) is 0.556. The van der Waals surface area contributed by atoms with Crippen LogP contribution in [0.2, 0.25) is 0 Å². The molecule has 6 heteroatoms. The fourth-order valence-electron chi connectivity index (χ4n) is 3.45. The van der Waals surface area contributed by atoms with Crippen molar-refractivity contribution in [1.29, 1.82) is 0 Å². The topological polar surface area (TPSA) is 60.9 Å². The van der Waals surface area contributed by atoms with Gasteiger partial charge in [-0.3, -0.25) is 14.5 Å². The van der Waals surface area contributed by atoms with Crippen molar-refractivity contribution in [3.05, 3.63) is 29.6 Å². The number of nitrogens with zero attached hydrogens (tertiary/aromatic N) is 2. The monoisotopic (exact) mass is 334 g/mol. The lowest BCUT2D eigenvalue weighted by atomic mass is 9.99. The number of rotatable bonds is 4. The zero-order valence-electron chi connectivity index (χ0n) is 13.9. The van der Waals surface area contributed by atoms with Gasteiger partial charge >= 0.3 is 5.97 Å². The van der Waals surface area contributed by atoms with E-state index < -0.39 is 17.7 Å². The van der Waals surface area contributed by atoms with Gasteiger partial charge in [-0.15, -0.1) is 0 Å². The first-order chi connectivity index (χ1) is 11.4. The van der Waals surface area contributed by atoms with Gasteiger partial charge in [0, 0.05) is 19.5 Å². The summed E-state index contributed by atoms with van der Waals surface area (Å²) in [6.07, 6.45) is 2.27. The lowest BCUT2D eigenvalue weighted by molar-refractivity contribution is -0.141. The number of amides is 1. The molecule has 0 aliphatic carbocycles. The van der Waals surface area contributed by atoms with Crippen LogP contribution in [-0.4, -0.2) is 41.5 Å². The predicted octanol–water partition coefficient (Wildman–Crippen LogP) is 2.50. The van der Waals surface area contributed by atoms with Gasteiger partial charge in [-0.25, -0.2) is 4.39 Å². The summed E-state index contributed by atoms with van der Waals surface area (Å²) in [5.74, 6) is -1.81. The Morgan fingerprint density at radius 1 is 1.33 bits per heavy atom. The second kappa shape index (κ2) is 6.89. The van der Waals surface area contributed by atoms with E-state index in [4.69, 9.17) is 5.11 Å². The summed E-state index contributed by atoms with van der Waals surface area (Å²) in [5, 5.41) is 9.03. The molecule has 0 spiro atoms. The average Bonchev–Trinajstić information content (AvgIpc) is 2.92. The molecule has 2 fully saturated rings. The molecule has 130 valence electrons. The molecule has 0 saturated carbocycles. The molecule has 0 bridgehead atoms. The number of carboxylic acids is 1. The maximum atomic E-state index is 14.5. The summed E-state index contributed by atoms with van der Waals surface area (Å²) in [6, 6.07) is 4.89. The molecule has 5 nitrogen and oxygen atoms in total. The number of aliphatic carboxylic acids is 1. The minimum absolute atomic E-state index is 0.0362. The van der Waals surface area contributed by atoms with Gasteiger partial charge in [-0.2, -0.15) is 0 Å². The van der Waals surface area contributed by atoms with Gasteiger partial charge in [0.1, 0.15) is 5.82 Å². The van der Waals surface area contributed by atoms with E-state index in [9.17, 15) is 14.0 Å². The minimum Gasteiger partial charge on any atom is -0.481 e. The van der Waals surface area contributed by atoms with Gasteiger partial charge in [-0.1, -0.05) is 13.0 Å². The average molecular weight is 334 g/mol. The molecule has 24 heavy (non-hydrogen) atoms. The van der Waals surface area contributed by atoms with Crippen LogP contribution in [0.15, 0.2) is 18.2 Å². The highest BCUT2D eigenvalue weighted by molar-refractivity contribution is 5.99. The molecule has 2 heterocycles. The van der Waals surface area contributed by atoms with Gasteiger partial charge in [0.25, 0.3) is 0 Å². The van der Waals surface area contributed by atoms with Crippen LogP contribution in [0.4, 0.5) is 10.1 Å². The molecule has 0 radical (unpaired) electrons. The molecule has 0 aromatic heterocycles. The van der Waals surface area contributed by atoms with Crippen LogP contribution in [0, 0.1) is 17.7 Å². The lowest BCUT2D eigenvalue weighted by Gasteiger charge is -2.30. The molecule has 1 amide bonds. The van der Waals surface area contributed by atoms with E-state index in [0.29, 0.717) is 6.54 Å². The lowest BCUT2D eigenvalue weighted by Crippen LogP contribution is -2.32. The van der Waals surface area contributed by atoms with Gasteiger partial charge in [0.15, 0.2) is 0 Å². The summed E-state index contributed by atoms with van der Waals surface area (Å²) >= 11 is 0. The number of anilines is 1. The van der Waals surface area contributed by atoms with Crippen molar-refractivity contribution in [2.45, 2.75) is 32.7 Å². The van der Waals surface area contributed by atoms with Crippen LogP contribution < -0.4 is 4.90 Å². The van der Waals surface area contributed by atoms with Crippen LogP contribution in [0.25, 0.3) is 0 Å². The van der Waals surface area contributed by atoms with Crippen molar-refractivity contribution < 1.29 is 19.1 Å². The highest BCUT2D eigenvalue weighted by Crippen LogP contribution is 2.29. The second-order valence-electron chi connectivity index (χ2n) is 6.99. The highest BCUT2D eigenvalue weighted by atomic mass is 19.1. The third-order valence-electron chi connectivity index (χ3n) is 5.06. The van der Waals surface area contributed by atoms with E-state index in [-0.39, 0.29) is 24.6 Å². The molecular formula is C18H23FN2O3. The predicted molar refractivity (Wildman–Crippen MR) is 88.2 cm³/mol. The molecule has 1 atom stereocenters. The first kappa shape index (κ1) is 16.9. The summed E-state index contributed by atoms with van der Waals surface area (Å²) < 4.78 is 14.5. The molecule has 1 unspecified atom stereocenters. The third kappa shape index (κ3) is 3.59. The molecule has 1 aromatic carbocycles. The number of carbonyl (C=O) groups excluding carboxylic acids is 1. The van der Waals surface area contributed by atoms with Gasteiger partial charge in [0.2, 0.25) is 5.91 Å². The van der Waals surface area contributed by atoms with Crippen LogP contribution in [0.5, 0.6) is 0 Å². The molecule has 2 aliphatic rings. The normalized spacial score (nSPS) is 23.0. The second-order valence-corrected chi connectivity index (χ2v) is 6.99. The Labute approximate surface area is 141 Å². The molecule has 1 N–H and O–H groups in total. The van der Waals surface area contributed by atoms with Crippen molar-refractivity contribution in [3.63, 3.8) is 0 Å². The Morgan fingerprint density at radius 2 is 2.04 bits per heavy atom. The summed E-state index contributed by atoms with van der Waals surface area (Å²) in [4.78, 5) is 26.6. The van der Waals surface area contributed by atoms with E-state index in [1.807, 2.05) is 6.07 Å². The van der Waals surface area contributed by atoms with E-state index in [1.165, 1.54) is 23.8 Å². The van der Waals surface area contributed by atoms with Crippen molar-refractivity contribution >= 4 is 17.6 Å². The Hall–Kier alpha value is -1.95. The number of hydrogen-bond acceptors (Lipinski definition) is 3. The van der Waals surface area contributed by atoms with E-state index >= 15 is 0 Å². The fourth-order valence-corrected chi connectivity index (χ4v) is 3.45. The van der Waals surface area contributed by atoms with E-state index in [2.05, 4.69) is 11.8 Å². The van der Waals surface area contributed by atoms with Gasteiger partial charge < -0.3 is 10.0 Å². The molecule has 1 aromatic rings. The maximum absolute atomic E-state index is 14.5. The van der Waals surface area contributed by atoms with Gasteiger partial charge in [-0.05, 0) is 49.5 Å². The number of halogens is 1. The zero-order chi connectivity index (χ0) is 17.3. The van der Waals surface area contributed by atoms with Gasteiger partial charge in [0.05, 0.1) is 11.6 Å². The number of carboxylic acid groups (broad SMARTS) is 1. The Kier molecular flexibility index (Phi) is 4.85. The number of hydrogen-bond donors (Lipinski definition) is 1. The summed E-state index contributed by atoms with van der Waals surface area (Å²) in [5.41, 5.74) is 1.06. The Balaban J connectivity index is 1.69. The summed E-state index contributed by atoms with van der Waals surface area (Å²) in [7, 11) is 0. The van der Waals surface area contributed by atoms with Crippen LogP contribution in [0.3, 0.4) is 0 Å². The van der Waals surface area contributed by atoms with Crippen molar-refractivity contribution in [1.82, 2.24) is 4.90 Å². The van der Waals surface area contributed by atoms with E-state index in [1.54, 1.807) is 6.07 Å². The smallest absolute Gasteiger partial charge is 0.308 e. The van der Waals surface area contributed by atoms with E-state index in [0.717, 1.165) is 24.6 Å². The molecule has 2 saturated heterocycles. The zero-order valence-corrected chi connectivity index (χ0v) is 13.9. The first-order valence-corrected chi connectivity index (χ1v) is 8.48. The van der Waals surface area contributed by atoms with Crippen LogP contribution >= 0.6 is 0 Å². The summed E-state index contributed by atoms with van der Waals surface area (Å²) in [6.45, 7) is 5.04. The van der Waals surface area contributed by atoms with Crippen LogP contribution in [0.1, 0.15) is 31.7 Å². The molecule has 3 rings (SSSR count). The Morgan fingerprint density at radius 3 is 2.62 bits per heavy atom. The quantitative estimate of drug-likeness (QED) is 0.919. The van der Waals surface area contributed by atoms with Crippen molar-refractivity contribution in [3.8, 4) is 0 Å². The molecular weight excluding hydrogens is 311 g/mol. The first-order valence-electron chi connectivity index (χ1n) is 8.48.